The van der Waals surface area contributed by atoms with E-state index in [0.29, 0.717) is 17.6 Å². The van der Waals surface area contributed by atoms with E-state index >= 15 is 0 Å². The van der Waals surface area contributed by atoms with Gasteiger partial charge in [-0.15, -0.1) is 0 Å². The Bertz CT molecular complexity index is 620. The Labute approximate surface area is 110 Å². The monoisotopic (exact) mass is 260 g/mol. The second kappa shape index (κ2) is 4.66. The molecule has 2 atom stereocenters. The lowest BCUT2D eigenvalue weighted by Crippen LogP contribution is -2.19. The van der Waals surface area contributed by atoms with Crippen LogP contribution < -0.4 is 0 Å². The number of aliphatic hydroxyl groups is 1. The lowest BCUT2D eigenvalue weighted by atomic mass is 10.1. The van der Waals surface area contributed by atoms with Crippen molar-refractivity contribution in [3.63, 3.8) is 0 Å². The predicted molar refractivity (Wildman–Crippen MR) is 70.0 cm³/mol. The zero-order valence-corrected chi connectivity index (χ0v) is 10.5. The third-order valence-corrected chi connectivity index (χ3v) is 3.92. The van der Waals surface area contributed by atoms with Crippen LogP contribution in [0.3, 0.4) is 0 Å². The smallest absolute Gasteiger partial charge is 0.337 e. The number of para-hydroxylation sites is 1. The Morgan fingerprint density at radius 1 is 1.42 bits per heavy atom. The second-order valence-corrected chi connectivity index (χ2v) is 5.13. The molecule has 1 aromatic heterocycles. The van der Waals surface area contributed by atoms with Crippen LogP contribution in [0.25, 0.3) is 11.0 Å². The van der Waals surface area contributed by atoms with Gasteiger partial charge in [0.15, 0.2) is 0 Å². The molecule has 1 aliphatic rings. The highest BCUT2D eigenvalue weighted by atomic mass is 16.4. The first-order valence-electron chi connectivity index (χ1n) is 6.52. The highest BCUT2D eigenvalue weighted by Crippen LogP contribution is 2.28. The van der Waals surface area contributed by atoms with Gasteiger partial charge in [0.25, 0.3) is 0 Å². The molecule has 2 N–H and O–H groups in total. The maximum atomic E-state index is 11.3. The molecule has 0 radical (unpaired) electrons. The summed E-state index contributed by atoms with van der Waals surface area (Å²) in [4.78, 5) is 15.5. The number of fused-ring (bicyclic) bond motifs is 1. The Kier molecular flexibility index (Phi) is 2.98. The summed E-state index contributed by atoms with van der Waals surface area (Å²) in [7, 11) is 0. The highest BCUT2D eigenvalue weighted by Gasteiger charge is 2.26. The lowest BCUT2D eigenvalue weighted by Gasteiger charge is -2.16. The van der Waals surface area contributed by atoms with Crippen LogP contribution in [0.5, 0.6) is 0 Å². The summed E-state index contributed by atoms with van der Waals surface area (Å²) >= 11 is 0. The number of carboxylic acid groups (broad SMARTS) is 1. The molecule has 1 heterocycles. The van der Waals surface area contributed by atoms with Gasteiger partial charge in [-0.2, -0.15) is 0 Å². The Morgan fingerprint density at radius 3 is 2.95 bits per heavy atom. The fourth-order valence-electron chi connectivity index (χ4n) is 2.92. The van der Waals surface area contributed by atoms with Crippen molar-refractivity contribution in [2.45, 2.75) is 31.9 Å². The molecule has 0 aliphatic heterocycles. The van der Waals surface area contributed by atoms with Crippen LogP contribution in [0.1, 0.15) is 29.6 Å². The number of hydrogen-bond acceptors (Lipinski definition) is 3. The molecule has 1 aromatic carbocycles. The fraction of sp³-hybridized carbons (Fsp3) is 0.429. The maximum absolute atomic E-state index is 11.3. The second-order valence-electron chi connectivity index (χ2n) is 5.13. The van der Waals surface area contributed by atoms with E-state index in [-0.39, 0.29) is 17.6 Å². The van der Waals surface area contributed by atoms with Gasteiger partial charge in [0.05, 0.1) is 29.0 Å². The van der Waals surface area contributed by atoms with Crippen molar-refractivity contribution in [3.05, 3.63) is 30.1 Å². The molecule has 0 bridgehead atoms. The van der Waals surface area contributed by atoms with Crippen LogP contribution in [-0.4, -0.2) is 31.8 Å². The van der Waals surface area contributed by atoms with Gasteiger partial charge < -0.3 is 14.8 Å². The largest absolute Gasteiger partial charge is 0.478 e. The first-order chi connectivity index (χ1) is 9.16. The maximum Gasteiger partial charge on any atom is 0.337 e. The van der Waals surface area contributed by atoms with Crippen LogP contribution in [-0.2, 0) is 6.54 Å². The van der Waals surface area contributed by atoms with E-state index in [1.807, 2.05) is 10.6 Å². The van der Waals surface area contributed by atoms with Gasteiger partial charge in [-0.3, -0.25) is 0 Å². The molecule has 0 amide bonds. The van der Waals surface area contributed by atoms with E-state index in [4.69, 9.17) is 0 Å². The van der Waals surface area contributed by atoms with Crippen molar-refractivity contribution in [1.29, 1.82) is 0 Å². The molecule has 1 fully saturated rings. The number of carbonyl (C=O) groups is 1. The van der Waals surface area contributed by atoms with Crippen molar-refractivity contribution in [2.24, 2.45) is 5.92 Å². The third kappa shape index (κ3) is 2.10. The van der Waals surface area contributed by atoms with Crippen LogP contribution in [0.2, 0.25) is 0 Å². The summed E-state index contributed by atoms with van der Waals surface area (Å²) in [5.41, 5.74) is 1.60. The number of aromatic nitrogens is 2. The van der Waals surface area contributed by atoms with E-state index in [1.54, 1.807) is 18.5 Å². The number of nitrogens with zero attached hydrogens (tertiary/aromatic N) is 2. The summed E-state index contributed by atoms with van der Waals surface area (Å²) < 4.78 is 1.86. The zero-order valence-electron chi connectivity index (χ0n) is 10.5. The standard InChI is InChI=1S/C14H16N2O3/c17-12-6-1-3-9(12)7-16-8-15-11-5-2-4-10(13(11)16)14(18)19/h2,4-5,8-9,12,17H,1,3,6-7H2,(H,18,19). The van der Waals surface area contributed by atoms with Gasteiger partial charge in [0, 0.05) is 12.5 Å². The van der Waals surface area contributed by atoms with E-state index in [2.05, 4.69) is 4.98 Å². The topological polar surface area (TPSA) is 75.3 Å². The normalized spacial score (nSPS) is 23.0. The first kappa shape index (κ1) is 12.2. The highest BCUT2D eigenvalue weighted by molar-refractivity contribution is 6.01. The van der Waals surface area contributed by atoms with Crippen molar-refractivity contribution in [1.82, 2.24) is 9.55 Å². The van der Waals surface area contributed by atoms with Crippen LogP contribution >= 0.6 is 0 Å². The average Bonchev–Trinajstić information content (AvgIpc) is 2.97. The summed E-state index contributed by atoms with van der Waals surface area (Å²) in [6, 6.07) is 5.10. The van der Waals surface area contributed by atoms with Gasteiger partial charge in [-0.1, -0.05) is 12.5 Å². The number of benzene rings is 1. The van der Waals surface area contributed by atoms with Gasteiger partial charge in [0.2, 0.25) is 0 Å². The van der Waals surface area contributed by atoms with Crippen molar-refractivity contribution < 1.29 is 15.0 Å². The minimum atomic E-state index is -0.945. The molecule has 0 saturated heterocycles. The number of aromatic carboxylic acids is 1. The molecule has 1 aliphatic carbocycles. The Hall–Kier alpha value is -1.88. The van der Waals surface area contributed by atoms with E-state index in [0.717, 1.165) is 19.3 Å². The summed E-state index contributed by atoms with van der Waals surface area (Å²) in [6.07, 6.45) is 4.24. The summed E-state index contributed by atoms with van der Waals surface area (Å²) in [5.74, 6) is -0.751. The molecular formula is C14H16N2O3. The number of aliphatic hydroxyl groups excluding tert-OH is 1. The molecule has 5 heteroatoms. The summed E-state index contributed by atoms with van der Waals surface area (Å²) in [6.45, 7) is 0.627. The predicted octanol–water partition coefficient (Wildman–Crippen LogP) is 1.90. The molecule has 1 saturated carbocycles. The lowest BCUT2D eigenvalue weighted by molar-refractivity contribution is 0.0698. The zero-order chi connectivity index (χ0) is 13.4. The Morgan fingerprint density at radius 2 is 2.26 bits per heavy atom. The molecule has 3 rings (SSSR count). The number of rotatable bonds is 3. The minimum Gasteiger partial charge on any atom is -0.478 e. The molecule has 2 unspecified atom stereocenters. The third-order valence-electron chi connectivity index (χ3n) is 3.92. The molecule has 5 nitrogen and oxygen atoms in total. The number of hydrogen-bond donors (Lipinski definition) is 2. The number of imidazole rings is 1. The molecule has 100 valence electrons. The summed E-state index contributed by atoms with van der Waals surface area (Å²) in [5, 5.41) is 19.1. The number of carboxylic acids is 1. The molecule has 0 spiro atoms. The van der Waals surface area contributed by atoms with Crippen LogP contribution in [0, 0.1) is 5.92 Å². The molecule has 2 aromatic rings. The van der Waals surface area contributed by atoms with E-state index in [1.165, 1.54) is 0 Å². The van der Waals surface area contributed by atoms with Gasteiger partial charge in [-0.05, 0) is 25.0 Å². The van der Waals surface area contributed by atoms with Gasteiger partial charge in [0.1, 0.15) is 0 Å². The van der Waals surface area contributed by atoms with Crippen molar-refractivity contribution in [3.8, 4) is 0 Å². The average molecular weight is 260 g/mol. The quantitative estimate of drug-likeness (QED) is 0.883. The van der Waals surface area contributed by atoms with Gasteiger partial charge >= 0.3 is 5.97 Å². The fourth-order valence-corrected chi connectivity index (χ4v) is 2.92. The van der Waals surface area contributed by atoms with Crippen molar-refractivity contribution in [2.75, 3.05) is 0 Å². The molecule has 19 heavy (non-hydrogen) atoms. The SMILES string of the molecule is O=C(O)c1cccc2ncn(CC3CCCC3O)c12. The van der Waals surface area contributed by atoms with Crippen LogP contribution in [0.15, 0.2) is 24.5 Å². The Balaban J connectivity index is 2.01. The first-order valence-corrected chi connectivity index (χ1v) is 6.52. The minimum absolute atomic E-state index is 0.194. The van der Waals surface area contributed by atoms with Crippen LogP contribution in [0.4, 0.5) is 0 Å². The van der Waals surface area contributed by atoms with Gasteiger partial charge in [-0.25, -0.2) is 9.78 Å². The van der Waals surface area contributed by atoms with E-state index < -0.39 is 5.97 Å². The van der Waals surface area contributed by atoms with Crippen molar-refractivity contribution >= 4 is 17.0 Å². The molecular weight excluding hydrogens is 244 g/mol. The van der Waals surface area contributed by atoms with E-state index in [9.17, 15) is 15.0 Å².